The standard InChI is InChI=1S/C32H38N6O7/c1-5-8-9-31-33-18-25(15-23(32(39)42-7-3)14-22-16-28-29(45-21-44-28)17-27(22)40-4)38(31)24-10-12-26(13-11-24)43-20-41-19-30-34-36-37(6-2)35-30/h10-13,15-18H,5-9,14,19-21H2,1-4H3/b23-15+. The van der Waals surface area contributed by atoms with Crippen LogP contribution >= 0.6 is 0 Å². The number of carbonyl (C=O) groups is 1. The lowest BCUT2D eigenvalue weighted by molar-refractivity contribution is -0.138. The number of methoxy groups -OCH3 is 1. The Morgan fingerprint density at radius 3 is 2.60 bits per heavy atom. The topological polar surface area (TPSA) is 134 Å². The minimum atomic E-state index is -0.420. The minimum Gasteiger partial charge on any atom is -0.496 e. The molecule has 1 aliphatic rings. The zero-order valence-corrected chi connectivity index (χ0v) is 26.0. The highest BCUT2D eigenvalue weighted by Crippen LogP contribution is 2.39. The monoisotopic (exact) mass is 618 g/mol. The maximum atomic E-state index is 13.2. The van der Waals surface area contributed by atoms with Gasteiger partial charge in [0.15, 0.2) is 18.3 Å². The molecule has 0 saturated heterocycles. The van der Waals surface area contributed by atoms with Gasteiger partial charge in [-0.2, -0.15) is 4.80 Å². The SMILES string of the molecule is CCCCc1ncc(/C=C(\Cc2cc3c(cc2OC)OCO3)C(=O)OCC)n1-c1ccc(OCOCc2nnn(CC)n2)cc1. The normalized spacial score (nSPS) is 12.4. The Bertz CT molecular complexity index is 1610. The van der Waals surface area contributed by atoms with Crippen LogP contribution in [0.4, 0.5) is 0 Å². The van der Waals surface area contributed by atoms with Gasteiger partial charge in [-0.05, 0) is 61.9 Å². The summed E-state index contributed by atoms with van der Waals surface area (Å²) in [5.41, 5.74) is 2.84. The Morgan fingerprint density at radius 2 is 1.89 bits per heavy atom. The van der Waals surface area contributed by atoms with Gasteiger partial charge in [-0.15, -0.1) is 10.2 Å². The van der Waals surface area contributed by atoms with Gasteiger partial charge in [-0.25, -0.2) is 9.78 Å². The molecule has 1 aliphatic heterocycles. The predicted octanol–water partition coefficient (Wildman–Crippen LogP) is 4.70. The van der Waals surface area contributed by atoms with Crippen LogP contribution in [-0.4, -0.2) is 63.0 Å². The molecule has 0 unspecified atom stereocenters. The lowest BCUT2D eigenvalue weighted by Crippen LogP contribution is -2.11. The molecule has 0 saturated carbocycles. The van der Waals surface area contributed by atoms with Gasteiger partial charge in [0.05, 0.1) is 32.2 Å². The molecular weight excluding hydrogens is 580 g/mol. The van der Waals surface area contributed by atoms with E-state index in [-0.39, 0.29) is 33.2 Å². The second-order valence-electron chi connectivity index (χ2n) is 10.1. The third-order valence-electron chi connectivity index (χ3n) is 7.04. The van der Waals surface area contributed by atoms with Crippen molar-refractivity contribution in [3.05, 3.63) is 71.1 Å². The molecular formula is C32H38N6O7. The number of aromatic nitrogens is 6. The van der Waals surface area contributed by atoms with Gasteiger partial charge in [0, 0.05) is 35.7 Å². The van der Waals surface area contributed by atoms with Crippen molar-refractivity contribution in [1.82, 2.24) is 29.8 Å². The van der Waals surface area contributed by atoms with E-state index >= 15 is 0 Å². The Balaban J connectivity index is 1.38. The number of hydrogen-bond donors (Lipinski definition) is 0. The summed E-state index contributed by atoms with van der Waals surface area (Å²) in [7, 11) is 1.58. The molecule has 238 valence electrons. The van der Waals surface area contributed by atoms with Crippen LogP contribution in [0.3, 0.4) is 0 Å². The fourth-order valence-electron chi connectivity index (χ4n) is 4.80. The van der Waals surface area contributed by atoms with Gasteiger partial charge < -0.3 is 28.4 Å². The number of hydrogen-bond acceptors (Lipinski definition) is 11. The van der Waals surface area contributed by atoms with Crippen molar-refractivity contribution in [3.8, 4) is 28.7 Å². The van der Waals surface area contributed by atoms with E-state index in [0.717, 1.165) is 42.0 Å². The third kappa shape index (κ3) is 7.79. The maximum absolute atomic E-state index is 13.2. The number of rotatable bonds is 16. The second-order valence-corrected chi connectivity index (χ2v) is 10.1. The summed E-state index contributed by atoms with van der Waals surface area (Å²) < 4.78 is 35.5. The zero-order chi connectivity index (χ0) is 31.6. The number of carbonyl (C=O) groups excluding carboxylic acids is 1. The molecule has 0 spiro atoms. The summed E-state index contributed by atoms with van der Waals surface area (Å²) in [4.78, 5) is 19.5. The Labute approximate surface area is 261 Å². The molecule has 13 nitrogen and oxygen atoms in total. The van der Waals surface area contributed by atoms with E-state index in [1.807, 2.05) is 43.3 Å². The molecule has 5 rings (SSSR count). The highest BCUT2D eigenvalue weighted by atomic mass is 16.7. The Hall–Kier alpha value is -4.91. The summed E-state index contributed by atoms with van der Waals surface area (Å²) in [5.74, 6) is 3.40. The van der Waals surface area contributed by atoms with Crippen LogP contribution in [0, 0.1) is 0 Å². The fraction of sp³-hybridized carbons (Fsp3) is 0.406. The van der Waals surface area contributed by atoms with Crippen molar-refractivity contribution in [1.29, 1.82) is 0 Å². The van der Waals surface area contributed by atoms with Crippen molar-refractivity contribution in [2.24, 2.45) is 0 Å². The van der Waals surface area contributed by atoms with E-state index in [9.17, 15) is 4.79 Å². The van der Waals surface area contributed by atoms with Gasteiger partial charge in [-0.1, -0.05) is 13.3 Å². The summed E-state index contributed by atoms with van der Waals surface area (Å²) >= 11 is 0. The van der Waals surface area contributed by atoms with Crippen LogP contribution < -0.4 is 18.9 Å². The molecule has 0 N–H and O–H groups in total. The Kier molecular flexibility index (Phi) is 10.6. The third-order valence-corrected chi connectivity index (χ3v) is 7.04. The first-order valence-corrected chi connectivity index (χ1v) is 15.0. The largest absolute Gasteiger partial charge is 0.496 e. The number of aryl methyl sites for hydroxylation is 2. The van der Waals surface area contributed by atoms with E-state index in [1.165, 1.54) is 4.80 Å². The first-order chi connectivity index (χ1) is 22.0. The number of esters is 1. The molecule has 0 radical (unpaired) electrons. The highest BCUT2D eigenvalue weighted by Gasteiger charge is 2.22. The first-order valence-electron chi connectivity index (χ1n) is 15.0. The Morgan fingerprint density at radius 1 is 1.09 bits per heavy atom. The van der Waals surface area contributed by atoms with Crippen LogP contribution in [0.5, 0.6) is 23.0 Å². The van der Waals surface area contributed by atoms with Crippen LogP contribution in [0.15, 0.2) is 48.2 Å². The van der Waals surface area contributed by atoms with Gasteiger partial charge in [0.1, 0.15) is 23.9 Å². The van der Waals surface area contributed by atoms with Crippen molar-refractivity contribution in [2.45, 2.75) is 59.6 Å². The summed E-state index contributed by atoms with van der Waals surface area (Å²) in [5, 5.41) is 12.0. The number of ether oxygens (including phenoxy) is 6. The molecule has 4 aromatic rings. The first kappa shape index (κ1) is 31.5. The molecule has 2 aromatic carbocycles. The van der Waals surface area contributed by atoms with Crippen molar-refractivity contribution in [3.63, 3.8) is 0 Å². The smallest absolute Gasteiger partial charge is 0.334 e. The van der Waals surface area contributed by atoms with E-state index in [1.54, 1.807) is 26.3 Å². The van der Waals surface area contributed by atoms with Gasteiger partial charge in [0.25, 0.3) is 0 Å². The van der Waals surface area contributed by atoms with Gasteiger partial charge in [0.2, 0.25) is 12.6 Å². The average Bonchev–Trinajstić information content (AvgIpc) is 3.81. The molecule has 0 bridgehead atoms. The number of unbranched alkanes of at least 4 members (excludes halogenated alkanes) is 1. The van der Waals surface area contributed by atoms with Crippen molar-refractivity contribution >= 4 is 12.0 Å². The van der Waals surface area contributed by atoms with Gasteiger partial charge >= 0.3 is 5.97 Å². The molecule has 0 amide bonds. The molecule has 0 fully saturated rings. The molecule has 0 atom stereocenters. The van der Waals surface area contributed by atoms with E-state index in [2.05, 4.69) is 26.9 Å². The minimum absolute atomic E-state index is 0.0348. The zero-order valence-electron chi connectivity index (χ0n) is 26.0. The van der Waals surface area contributed by atoms with Crippen LogP contribution in [0.25, 0.3) is 11.8 Å². The van der Waals surface area contributed by atoms with Crippen LogP contribution in [0.1, 0.15) is 56.5 Å². The van der Waals surface area contributed by atoms with Crippen molar-refractivity contribution < 1.29 is 33.2 Å². The van der Waals surface area contributed by atoms with E-state index < -0.39 is 5.97 Å². The van der Waals surface area contributed by atoms with E-state index in [0.29, 0.717) is 40.9 Å². The lowest BCUT2D eigenvalue weighted by atomic mass is 10.0. The number of fused-ring (bicyclic) bond motifs is 1. The number of benzene rings is 2. The van der Waals surface area contributed by atoms with Crippen LogP contribution in [0.2, 0.25) is 0 Å². The lowest BCUT2D eigenvalue weighted by Gasteiger charge is -2.14. The number of imidazole rings is 1. The molecule has 3 heterocycles. The summed E-state index contributed by atoms with van der Waals surface area (Å²) in [6.45, 7) is 7.12. The predicted molar refractivity (Wildman–Crippen MR) is 163 cm³/mol. The summed E-state index contributed by atoms with van der Waals surface area (Å²) in [6, 6.07) is 11.2. The fourth-order valence-corrected chi connectivity index (χ4v) is 4.80. The van der Waals surface area contributed by atoms with Crippen LogP contribution in [-0.2, 0) is 40.3 Å². The molecule has 13 heteroatoms. The van der Waals surface area contributed by atoms with E-state index in [4.69, 9.17) is 33.4 Å². The summed E-state index contributed by atoms with van der Waals surface area (Å²) in [6.07, 6.45) is 6.63. The number of tetrazole rings is 1. The van der Waals surface area contributed by atoms with Crippen molar-refractivity contribution in [2.75, 3.05) is 27.3 Å². The molecule has 45 heavy (non-hydrogen) atoms. The second kappa shape index (κ2) is 15.2. The molecule has 2 aromatic heterocycles. The number of nitrogens with zero attached hydrogens (tertiary/aromatic N) is 6. The van der Waals surface area contributed by atoms with Gasteiger partial charge in [-0.3, -0.25) is 4.57 Å². The molecule has 0 aliphatic carbocycles. The maximum Gasteiger partial charge on any atom is 0.334 e. The quantitative estimate of drug-likeness (QED) is 0.0749. The average molecular weight is 619 g/mol. The highest BCUT2D eigenvalue weighted by molar-refractivity contribution is 5.94.